The molecule has 2 aromatic heterocycles. The fourth-order valence-electron chi connectivity index (χ4n) is 2.47. The highest BCUT2D eigenvalue weighted by molar-refractivity contribution is 5.81. The zero-order valence-electron chi connectivity index (χ0n) is 10.2. The maximum absolute atomic E-state index is 9.48. The van der Waals surface area contributed by atoms with Crippen LogP contribution in [0, 0.1) is 11.8 Å². The van der Waals surface area contributed by atoms with Crippen LogP contribution in [0.15, 0.2) is 12.7 Å². The quantitative estimate of drug-likeness (QED) is 0.661. The van der Waals surface area contributed by atoms with Gasteiger partial charge in [-0.25, -0.2) is 15.0 Å². The summed E-state index contributed by atoms with van der Waals surface area (Å²) in [4.78, 5) is 12.2. The Bertz CT molecular complexity index is 587. The molecule has 0 saturated carbocycles. The Morgan fingerprint density at radius 3 is 2.89 bits per heavy atom. The number of nitrogens with zero attached hydrogens (tertiary/aromatic N) is 4. The van der Waals surface area contributed by atoms with Crippen molar-refractivity contribution in [3.63, 3.8) is 0 Å². The van der Waals surface area contributed by atoms with Gasteiger partial charge in [0.05, 0.1) is 19.5 Å². The molecule has 102 valence electrons. The van der Waals surface area contributed by atoms with Crippen LogP contribution in [0.25, 0.3) is 11.2 Å². The first-order valence-electron chi connectivity index (χ1n) is 6.02. The van der Waals surface area contributed by atoms with Gasteiger partial charge in [-0.2, -0.15) is 0 Å². The molecule has 8 nitrogen and oxygen atoms in total. The smallest absolute Gasteiger partial charge is 0.167 e. The van der Waals surface area contributed by atoms with Crippen LogP contribution in [0.4, 0.5) is 5.82 Å². The van der Waals surface area contributed by atoms with Gasteiger partial charge in [-0.15, -0.1) is 0 Å². The van der Waals surface area contributed by atoms with E-state index in [1.807, 2.05) is 0 Å². The topological polar surface area (TPSA) is 119 Å². The number of nitrogens with two attached hydrogens (primary N) is 1. The normalized spacial score (nSPS) is 27.2. The Labute approximate surface area is 108 Å². The van der Waals surface area contributed by atoms with Gasteiger partial charge in [0.1, 0.15) is 18.1 Å². The molecule has 1 aliphatic heterocycles. The third-order valence-electron chi connectivity index (χ3n) is 3.56. The molecule has 0 spiro atoms. The largest absolute Gasteiger partial charge is 0.396 e. The number of hydrogen-bond acceptors (Lipinski definition) is 7. The summed E-state index contributed by atoms with van der Waals surface area (Å²) in [6.45, 7) is 0.300. The Morgan fingerprint density at radius 2 is 2.16 bits per heavy atom. The Hall–Kier alpha value is -1.77. The van der Waals surface area contributed by atoms with Crippen LogP contribution in [-0.2, 0) is 4.74 Å². The second-order valence-corrected chi connectivity index (χ2v) is 4.60. The summed E-state index contributed by atoms with van der Waals surface area (Å²) in [5.41, 5.74) is 6.81. The van der Waals surface area contributed by atoms with Crippen molar-refractivity contribution in [2.45, 2.75) is 6.23 Å². The van der Waals surface area contributed by atoms with E-state index in [1.165, 1.54) is 6.33 Å². The van der Waals surface area contributed by atoms with Crippen molar-refractivity contribution in [2.24, 2.45) is 11.8 Å². The fraction of sp³-hybridized carbons (Fsp3) is 0.545. The van der Waals surface area contributed by atoms with E-state index in [-0.39, 0.29) is 25.0 Å². The second kappa shape index (κ2) is 4.72. The molecule has 0 unspecified atom stereocenters. The number of anilines is 1. The van der Waals surface area contributed by atoms with Crippen LogP contribution in [0.1, 0.15) is 6.23 Å². The molecule has 0 aliphatic carbocycles. The number of aliphatic hydroxyl groups excluding tert-OH is 2. The molecule has 4 N–H and O–H groups in total. The van der Waals surface area contributed by atoms with Gasteiger partial charge in [0.25, 0.3) is 0 Å². The van der Waals surface area contributed by atoms with Gasteiger partial charge in [0, 0.05) is 18.4 Å². The zero-order chi connectivity index (χ0) is 13.4. The average Bonchev–Trinajstić information content (AvgIpc) is 3.01. The summed E-state index contributed by atoms with van der Waals surface area (Å²) >= 11 is 0. The fourth-order valence-corrected chi connectivity index (χ4v) is 2.47. The van der Waals surface area contributed by atoms with Gasteiger partial charge >= 0.3 is 0 Å². The highest BCUT2D eigenvalue weighted by Gasteiger charge is 2.38. The molecule has 1 fully saturated rings. The molecule has 3 atom stereocenters. The second-order valence-electron chi connectivity index (χ2n) is 4.60. The standard InChI is InChI=1S/C11H15N5O3/c12-9-8-10(14-4-13-9)16(5-15-8)11-7(2-18)6(1-17)3-19-11/h4-7,11,17-18H,1-3H2,(H2,12,13,14)/t6-,7+,11+/m0/s1. The van der Waals surface area contributed by atoms with Crippen LogP contribution in [-0.4, -0.2) is 49.6 Å². The summed E-state index contributed by atoms with van der Waals surface area (Å²) in [7, 11) is 0. The molecule has 1 aliphatic rings. The molecule has 3 rings (SSSR count). The Balaban J connectivity index is 2.03. The monoisotopic (exact) mass is 265 g/mol. The van der Waals surface area contributed by atoms with Crippen molar-refractivity contribution < 1.29 is 14.9 Å². The van der Waals surface area contributed by atoms with Crippen molar-refractivity contribution in [2.75, 3.05) is 25.6 Å². The van der Waals surface area contributed by atoms with E-state index in [4.69, 9.17) is 10.5 Å². The van der Waals surface area contributed by atoms with Crippen molar-refractivity contribution in [1.82, 2.24) is 19.5 Å². The van der Waals surface area contributed by atoms with Crippen LogP contribution < -0.4 is 5.73 Å². The van der Waals surface area contributed by atoms with E-state index in [0.29, 0.717) is 23.6 Å². The summed E-state index contributed by atoms with van der Waals surface area (Å²) in [5, 5.41) is 18.8. The maximum atomic E-state index is 9.48. The van der Waals surface area contributed by atoms with Crippen molar-refractivity contribution in [1.29, 1.82) is 0 Å². The molecule has 19 heavy (non-hydrogen) atoms. The highest BCUT2D eigenvalue weighted by Crippen LogP contribution is 2.35. The van der Waals surface area contributed by atoms with Gasteiger partial charge in [-0.05, 0) is 0 Å². The molecule has 0 bridgehead atoms. The number of fused-ring (bicyclic) bond motifs is 1. The van der Waals surface area contributed by atoms with Gasteiger partial charge in [0.2, 0.25) is 0 Å². The predicted molar refractivity (Wildman–Crippen MR) is 65.9 cm³/mol. The minimum absolute atomic E-state index is 0.0223. The number of ether oxygens (including phenoxy) is 1. The number of aliphatic hydroxyl groups is 2. The van der Waals surface area contributed by atoms with E-state index >= 15 is 0 Å². The molecule has 2 aromatic rings. The third-order valence-corrected chi connectivity index (χ3v) is 3.56. The molecule has 3 heterocycles. The molecular formula is C11H15N5O3. The number of imidazole rings is 1. The Kier molecular flexibility index (Phi) is 3.05. The van der Waals surface area contributed by atoms with Crippen LogP contribution in [0.2, 0.25) is 0 Å². The number of aromatic nitrogens is 4. The van der Waals surface area contributed by atoms with Gasteiger partial charge in [-0.3, -0.25) is 4.57 Å². The third kappa shape index (κ3) is 1.84. The number of rotatable bonds is 3. The van der Waals surface area contributed by atoms with Crippen molar-refractivity contribution in [3.05, 3.63) is 12.7 Å². The van der Waals surface area contributed by atoms with Crippen molar-refractivity contribution >= 4 is 17.0 Å². The summed E-state index contributed by atoms with van der Waals surface area (Å²) in [6.07, 6.45) is 2.53. The molecular weight excluding hydrogens is 250 g/mol. The average molecular weight is 265 g/mol. The first-order chi connectivity index (χ1) is 9.26. The lowest BCUT2D eigenvalue weighted by atomic mass is 9.95. The molecule has 0 amide bonds. The number of hydrogen-bond donors (Lipinski definition) is 3. The van der Waals surface area contributed by atoms with Gasteiger partial charge in [0.15, 0.2) is 11.5 Å². The van der Waals surface area contributed by atoms with E-state index in [9.17, 15) is 10.2 Å². The highest BCUT2D eigenvalue weighted by atomic mass is 16.5. The Morgan fingerprint density at radius 1 is 1.32 bits per heavy atom. The molecule has 1 saturated heterocycles. The first kappa shape index (κ1) is 12.3. The van der Waals surface area contributed by atoms with Gasteiger partial charge in [-0.1, -0.05) is 0 Å². The van der Waals surface area contributed by atoms with E-state index in [2.05, 4.69) is 15.0 Å². The van der Waals surface area contributed by atoms with Crippen molar-refractivity contribution in [3.8, 4) is 0 Å². The lowest BCUT2D eigenvalue weighted by Gasteiger charge is -2.20. The maximum Gasteiger partial charge on any atom is 0.167 e. The SMILES string of the molecule is Nc1ncnc2c1ncn2[C@@H]1OC[C@H](CO)[C@H]1CO. The van der Waals surface area contributed by atoms with E-state index in [0.717, 1.165) is 0 Å². The van der Waals surface area contributed by atoms with Gasteiger partial charge < -0.3 is 20.7 Å². The summed E-state index contributed by atoms with van der Waals surface area (Å²) < 4.78 is 7.38. The molecule has 0 radical (unpaired) electrons. The minimum atomic E-state index is -0.401. The van der Waals surface area contributed by atoms with Crippen LogP contribution in [0.3, 0.4) is 0 Å². The summed E-state index contributed by atoms with van der Waals surface area (Å²) in [6, 6.07) is 0. The van der Waals surface area contributed by atoms with E-state index < -0.39 is 6.23 Å². The minimum Gasteiger partial charge on any atom is -0.396 e. The first-order valence-corrected chi connectivity index (χ1v) is 6.02. The number of nitrogen functional groups attached to an aromatic ring is 1. The molecule has 8 heteroatoms. The lowest BCUT2D eigenvalue weighted by Crippen LogP contribution is -2.24. The van der Waals surface area contributed by atoms with Crippen LogP contribution >= 0.6 is 0 Å². The summed E-state index contributed by atoms with van der Waals surface area (Å²) in [5.74, 6) is 0.0197. The predicted octanol–water partition coefficient (Wildman–Crippen LogP) is -0.846. The zero-order valence-corrected chi connectivity index (χ0v) is 10.2. The van der Waals surface area contributed by atoms with E-state index in [1.54, 1.807) is 10.9 Å². The lowest BCUT2D eigenvalue weighted by molar-refractivity contribution is 0.0199. The molecule has 0 aromatic carbocycles. The van der Waals surface area contributed by atoms with Crippen LogP contribution in [0.5, 0.6) is 0 Å².